The molecule has 1 unspecified atom stereocenters. The number of morpholine rings is 1. The van der Waals surface area contributed by atoms with Crippen LogP contribution in [-0.2, 0) is 14.6 Å². The summed E-state index contributed by atoms with van der Waals surface area (Å²) in [5.41, 5.74) is 1.62. The first kappa shape index (κ1) is 22.9. The molecule has 2 aromatic carbocycles. The molecule has 10 heteroatoms. The second kappa shape index (κ2) is 9.54. The number of ether oxygens (including phenoxy) is 1. The predicted octanol–water partition coefficient (Wildman–Crippen LogP) is 2.11. The van der Waals surface area contributed by atoms with Crippen molar-refractivity contribution in [3.05, 3.63) is 69.3 Å². The van der Waals surface area contributed by atoms with Crippen molar-refractivity contribution < 1.29 is 22.9 Å². The average molecular weight is 448 g/mol. The number of nitro benzene ring substituents is 1. The molecule has 0 saturated carbocycles. The van der Waals surface area contributed by atoms with Crippen molar-refractivity contribution in [2.45, 2.75) is 17.9 Å². The molecule has 1 amide bonds. The van der Waals surface area contributed by atoms with Crippen LogP contribution in [0.5, 0.6) is 0 Å². The minimum Gasteiger partial charge on any atom is -0.379 e. The van der Waals surface area contributed by atoms with E-state index in [1.165, 1.54) is 0 Å². The lowest BCUT2D eigenvalue weighted by molar-refractivity contribution is -0.385. The first-order chi connectivity index (χ1) is 14.6. The second-order valence-corrected chi connectivity index (χ2v) is 9.55. The molecule has 0 spiro atoms. The maximum absolute atomic E-state index is 12.8. The van der Waals surface area contributed by atoms with Gasteiger partial charge in [0.05, 0.1) is 29.1 Å². The van der Waals surface area contributed by atoms with Crippen molar-refractivity contribution in [3.63, 3.8) is 0 Å². The summed E-state index contributed by atoms with van der Waals surface area (Å²) in [6.45, 7) is 4.87. The third-order valence-corrected chi connectivity index (χ3v) is 6.25. The lowest BCUT2D eigenvalue weighted by Crippen LogP contribution is -2.43. The summed E-state index contributed by atoms with van der Waals surface area (Å²) in [7, 11) is -3.72. The maximum atomic E-state index is 12.8. The molecular weight excluding hydrogens is 422 g/mol. The number of amides is 1. The van der Waals surface area contributed by atoms with Crippen molar-refractivity contribution >= 4 is 21.4 Å². The van der Waals surface area contributed by atoms with E-state index in [9.17, 15) is 23.3 Å². The highest BCUT2D eigenvalue weighted by Gasteiger charge is 2.24. The van der Waals surface area contributed by atoms with Gasteiger partial charge in [-0.3, -0.25) is 19.8 Å². The van der Waals surface area contributed by atoms with Crippen LogP contribution in [0.2, 0.25) is 0 Å². The lowest BCUT2D eigenvalue weighted by atomic mass is 10.0. The molecule has 1 aliphatic heterocycles. The zero-order valence-corrected chi connectivity index (χ0v) is 18.2. The van der Waals surface area contributed by atoms with E-state index >= 15 is 0 Å². The Morgan fingerprint density at radius 1 is 1.23 bits per heavy atom. The van der Waals surface area contributed by atoms with Gasteiger partial charge < -0.3 is 10.1 Å². The summed E-state index contributed by atoms with van der Waals surface area (Å²) in [6.07, 6.45) is 0.944. The zero-order valence-electron chi connectivity index (χ0n) is 17.4. The molecule has 1 N–H and O–H groups in total. The third-order valence-electron chi connectivity index (χ3n) is 5.16. The first-order valence-corrected chi connectivity index (χ1v) is 11.7. The molecule has 166 valence electrons. The monoisotopic (exact) mass is 447 g/mol. The van der Waals surface area contributed by atoms with E-state index in [1.807, 2.05) is 25.1 Å². The number of aryl methyl sites for hydroxylation is 1. The Morgan fingerprint density at radius 2 is 1.94 bits per heavy atom. The Morgan fingerprint density at radius 3 is 2.55 bits per heavy atom. The molecule has 0 radical (unpaired) electrons. The Kier molecular flexibility index (Phi) is 7.04. The van der Waals surface area contributed by atoms with Crippen molar-refractivity contribution in [1.29, 1.82) is 0 Å². The zero-order chi connectivity index (χ0) is 22.6. The number of nitrogens with one attached hydrogen (secondary N) is 1. The molecule has 9 nitrogen and oxygen atoms in total. The van der Waals surface area contributed by atoms with Gasteiger partial charge in [-0.1, -0.05) is 29.8 Å². The van der Waals surface area contributed by atoms with Crippen LogP contribution in [0.1, 0.15) is 27.5 Å². The average Bonchev–Trinajstić information content (AvgIpc) is 2.73. The third kappa shape index (κ3) is 5.87. The Bertz CT molecular complexity index is 1080. The van der Waals surface area contributed by atoms with Crippen LogP contribution in [0.4, 0.5) is 5.69 Å². The van der Waals surface area contributed by atoms with Gasteiger partial charge in [-0.2, -0.15) is 0 Å². The van der Waals surface area contributed by atoms with Gasteiger partial charge in [-0.15, -0.1) is 0 Å². The largest absolute Gasteiger partial charge is 0.379 e. The fourth-order valence-electron chi connectivity index (χ4n) is 3.55. The minimum absolute atomic E-state index is 0.0698. The predicted molar refractivity (Wildman–Crippen MR) is 115 cm³/mol. The standard InChI is InChI=1S/C21H25N3O6S/c1-15-4-3-5-16(10-15)20(23-6-8-30-9-7-23)14-22-21(25)17-11-18(24(26)27)13-19(12-17)31(2,28)29/h3-5,10-13,20H,6-9,14H2,1-2H3,(H,22,25). The highest BCUT2D eigenvalue weighted by atomic mass is 32.2. The van der Waals surface area contributed by atoms with Crippen LogP contribution in [0, 0.1) is 17.0 Å². The molecule has 1 aliphatic rings. The molecular formula is C21H25N3O6S. The van der Waals surface area contributed by atoms with Crippen LogP contribution in [0.25, 0.3) is 0 Å². The van der Waals surface area contributed by atoms with Crippen molar-refractivity contribution in [1.82, 2.24) is 10.2 Å². The van der Waals surface area contributed by atoms with Crippen LogP contribution < -0.4 is 5.32 Å². The van der Waals surface area contributed by atoms with E-state index in [-0.39, 0.29) is 23.0 Å². The van der Waals surface area contributed by atoms with Crippen molar-refractivity contribution in [2.24, 2.45) is 0 Å². The van der Waals surface area contributed by atoms with Gasteiger partial charge in [0, 0.05) is 43.6 Å². The maximum Gasteiger partial charge on any atom is 0.271 e. The number of nitro groups is 1. The Hall–Kier alpha value is -2.82. The molecule has 31 heavy (non-hydrogen) atoms. The van der Waals surface area contributed by atoms with Gasteiger partial charge in [0.15, 0.2) is 9.84 Å². The van der Waals surface area contributed by atoms with Gasteiger partial charge in [0.25, 0.3) is 11.6 Å². The minimum atomic E-state index is -3.72. The number of carbonyl (C=O) groups is 1. The van der Waals surface area contributed by atoms with Gasteiger partial charge in [0.1, 0.15) is 0 Å². The van der Waals surface area contributed by atoms with Gasteiger partial charge in [-0.05, 0) is 18.6 Å². The number of benzene rings is 2. The molecule has 1 atom stereocenters. The molecule has 3 rings (SSSR count). The van der Waals surface area contributed by atoms with Crippen LogP contribution >= 0.6 is 0 Å². The Labute approximate surface area is 181 Å². The number of carbonyl (C=O) groups excluding carboxylic acids is 1. The molecule has 0 bridgehead atoms. The smallest absolute Gasteiger partial charge is 0.271 e. The molecule has 0 aliphatic carbocycles. The first-order valence-electron chi connectivity index (χ1n) is 9.81. The van der Waals surface area contributed by atoms with Crippen LogP contribution in [0.3, 0.4) is 0 Å². The number of hydrogen-bond acceptors (Lipinski definition) is 7. The summed E-state index contributed by atoms with van der Waals surface area (Å²) in [6, 6.07) is 11.1. The van der Waals surface area contributed by atoms with Gasteiger partial charge in [0.2, 0.25) is 0 Å². The fourth-order valence-corrected chi connectivity index (χ4v) is 4.23. The highest BCUT2D eigenvalue weighted by molar-refractivity contribution is 7.90. The molecule has 1 heterocycles. The summed E-state index contributed by atoms with van der Waals surface area (Å²) >= 11 is 0. The normalized spacial score (nSPS) is 15.9. The van der Waals surface area contributed by atoms with E-state index in [0.29, 0.717) is 26.3 Å². The van der Waals surface area contributed by atoms with E-state index in [2.05, 4.69) is 16.3 Å². The van der Waals surface area contributed by atoms with Crippen molar-refractivity contribution in [2.75, 3.05) is 39.1 Å². The summed E-state index contributed by atoms with van der Waals surface area (Å²) < 4.78 is 29.2. The summed E-state index contributed by atoms with van der Waals surface area (Å²) in [5.74, 6) is -0.570. The van der Waals surface area contributed by atoms with Gasteiger partial charge >= 0.3 is 0 Å². The number of nitrogens with zero attached hydrogens (tertiary/aromatic N) is 2. The molecule has 0 aromatic heterocycles. The molecule has 2 aromatic rings. The quantitative estimate of drug-likeness (QED) is 0.510. The summed E-state index contributed by atoms with van der Waals surface area (Å²) in [4.78, 5) is 25.3. The second-order valence-electron chi connectivity index (χ2n) is 7.53. The fraction of sp³-hybridized carbons (Fsp3) is 0.381. The van der Waals surface area contributed by atoms with Gasteiger partial charge in [-0.25, -0.2) is 8.42 Å². The molecule has 1 fully saturated rings. The van der Waals surface area contributed by atoms with E-state index in [1.54, 1.807) is 0 Å². The topological polar surface area (TPSA) is 119 Å². The van der Waals surface area contributed by atoms with Crippen LogP contribution in [-0.4, -0.2) is 63.3 Å². The SMILES string of the molecule is Cc1cccc(C(CNC(=O)c2cc([N+](=O)[O-])cc(S(C)(=O)=O)c2)N2CCOCC2)c1. The van der Waals surface area contributed by atoms with E-state index in [4.69, 9.17) is 4.74 Å². The van der Waals surface area contributed by atoms with Crippen molar-refractivity contribution in [3.8, 4) is 0 Å². The lowest BCUT2D eigenvalue weighted by Gasteiger charge is -2.35. The molecule has 1 saturated heterocycles. The number of rotatable bonds is 7. The van der Waals surface area contributed by atoms with Crippen LogP contribution in [0.15, 0.2) is 47.4 Å². The number of non-ortho nitro benzene ring substituents is 1. The Balaban J connectivity index is 1.85. The van der Waals surface area contributed by atoms with E-state index < -0.39 is 26.4 Å². The highest BCUT2D eigenvalue weighted by Crippen LogP contribution is 2.24. The van der Waals surface area contributed by atoms with E-state index in [0.717, 1.165) is 35.6 Å². The summed E-state index contributed by atoms with van der Waals surface area (Å²) in [5, 5.41) is 14.0. The number of hydrogen-bond donors (Lipinski definition) is 1. The number of sulfone groups is 1.